The molecule has 0 aromatic heterocycles. The van der Waals surface area contributed by atoms with Crippen molar-refractivity contribution in [2.45, 2.75) is 88.0 Å². The van der Waals surface area contributed by atoms with Gasteiger partial charge in [0.2, 0.25) is 0 Å². The average molecular weight is 301 g/mol. The summed E-state index contributed by atoms with van der Waals surface area (Å²) in [5.74, 6) is 3.92. The van der Waals surface area contributed by atoms with Gasteiger partial charge in [0.1, 0.15) is 0 Å². The van der Waals surface area contributed by atoms with Crippen LogP contribution in [0.5, 0.6) is 0 Å². The predicted molar refractivity (Wildman–Crippen MR) is 97.8 cm³/mol. The maximum absolute atomic E-state index is 5.88. The number of ether oxygens (including phenoxy) is 1. The predicted octanol–water partition coefficient (Wildman–Crippen LogP) is 6.81. The molecule has 0 radical (unpaired) electrons. The molecule has 0 saturated heterocycles. The monoisotopic (exact) mass is 300 g/mol. The van der Waals surface area contributed by atoms with Crippen LogP contribution in [0.3, 0.4) is 0 Å². The summed E-state index contributed by atoms with van der Waals surface area (Å²) in [7, 11) is 0. The van der Waals surface area contributed by atoms with E-state index >= 15 is 0 Å². The highest BCUT2D eigenvalue weighted by Crippen LogP contribution is 2.22. The Bertz CT molecular complexity index is 195. The molecule has 0 rings (SSSR count). The summed E-state index contributed by atoms with van der Waals surface area (Å²) in [6, 6.07) is 0. The SMILES string of the molecule is CC(C)C.CCCC(C)COCC(CC)CC(C)C(C)C. The second-order valence-corrected chi connectivity index (χ2v) is 7.89. The zero-order valence-corrected chi connectivity index (χ0v) is 16.5. The van der Waals surface area contributed by atoms with Crippen molar-refractivity contribution >= 4 is 0 Å². The lowest BCUT2D eigenvalue weighted by molar-refractivity contribution is 0.0629. The van der Waals surface area contributed by atoms with Crippen LogP contribution in [0.2, 0.25) is 0 Å². The maximum Gasteiger partial charge on any atom is 0.0494 e. The Balaban J connectivity index is 0. The normalized spacial score (nSPS) is 15.6. The van der Waals surface area contributed by atoms with E-state index in [2.05, 4.69) is 62.3 Å². The first-order valence-electron chi connectivity index (χ1n) is 9.32. The summed E-state index contributed by atoms with van der Waals surface area (Å²) < 4.78 is 5.88. The third kappa shape index (κ3) is 17.9. The highest BCUT2D eigenvalue weighted by atomic mass is 16.5. The molecule has 3 atom stereocenters. The van der Waals surface area contributed by atoms with Crippen LogP contribution in [0.4, 0.5) is 0 Å². The minimum absolute atomic E-state index is 0.722. The van der Waals surface area contributed by atoms with Gasteiger partial charge in [0.15, 0.2) is 0 Å². The molecule has 0 saturated carbocycles. The molecule has 3 unspecified atom stereocenters. The van der Waals surface area contributed by atoms with E-state index in [4.69, 9.17) is 4.74 Å². The van der Waals surface area contributed by atoms with Crippen molar-refractivity contribution in [2.75, 3.05) is 13.2 Å². The molecule has 0 aliphatic carbocycles. The van der Waals surface area contributed by atoms with Gasteiger partial charge in [-0.05, 0) is 42.4 Å². The van der Waals surface area contributed by atoms with Crippen LogP contribution in [0.1, 0.15) is 88.0 Å². The van der Waals surface area contributed by atoms with Gasteiger partial charge in [0, 0.05) is 13.2 Å². The molecule has 0 aromatic rings. The topological polar surface area (TPSA) is 9.23 Å². The van der Waals surface area contributed by atoms with Gasteiger partial charge >= 0.3 is 0 Å². The fraction of sp³-hybridized carbons (Fsp3) is 1.00. The Morgan fingerprint density at radius 3 is 1.71 bits per heavy atom. The quantitative estimate of drug-likeness (QED) is 0.430. The number of rotatable bonds is 10. The first-order valence-corrected chi connectivity index (χ1v) is 9.32. The second-order valence-electron chi connectivity index (χ2n) is 7.89. The van der Waals surface area contributed by atoms with E-state index in [1.165, 1.54) is 25.7 Å². The summed E-state index contributed by atoms with van der Waals surface area (Å²) in [6.45, 7) is 22.2. The van der Waals surface area contributed by atoms with Crippen molar-refractivity contribution in [3.8, 4) is 0 Å². The first kappa shape index (κ1) is 23.2. The molecule has 21 heavy (non-hydrogen) atoms. The minimum atomic E-state index is 0.722. The summed E-state index contributed by atoms with van der Waals surface area (Å²) in [5, 5.41) is 0. The molecule has 0 amide bonds. The second kappa shape index (κ2) is 14.9. The fourth-order valence-electron chi connectivity index (χ4n) is 2.16. The Hall–Kier alpha value is -0.0400. The van der Waals surface area contributed by atoms with Gasteiger partial charge in [0.05, 0.1) is 0 Å². The lowest BCUT2D eigenvalue weighted by Crippen LogP contribution is -2.17. The van der Waals surface area contributed by atoms with Crippen LogP contribution in [0.25, 0.3) is 0 Å². The van der Waals surface area contributed by atoms with Gasteiger partial charge in [0.25, 0.3) is 0 Å². The van der Waals surface area contributed by atoms with Gasteiger partial charge in [-0.3, -0.25) is 0 Å². The fourth-order valence-corrected chi connectivity index (χ4v) is 2.16. The maximum atomic E-state index is 5.88. The van der Waals surface area contributed by atoms with Crippen LogP contribution in [-0.2, 0) is 4.74 Å². The van der Waals surface area contributed by atoms with Crippen molar-refractivity contribution in [2.24, 2.45) is 29.6 Å². The Kier molecular flexibility index (Phi) is 16.5. The van der Waals surface area contributed by atoms with Crippen LogP contribution in [0, 0.1) is 29.6 Å². The molecule has 0 aliphatic rings. The van der Waals surface area contributed by atoms with Crippen LogP contribution in [-0.4, -0.2) is 13.2 Å². The molecule has 0 fully saturated rings. The lowest BCUT2D eigenvalue weighted by atomic mass is 9.87. The van der Waals surface area contributed by atoms with Gasteiger partial charge in [-0.25, -0.2) is 0 Å². The summed E-state index contributed by atoms with van der Waals surface area (Å²) in [6.07, 6.45) is 5.13. The van der Waals surface area contributed by atoms with E-state index in [0.29, 0.717) is 0 Å². The molecule has 0 spiro atoms. The van der Waals surface area contributed by atoms with Gasteiger partial charge in [-0.1, -0.05) is 75.2 Å². The summed E-state index contributed by atoms with van der Waals surface area (Å²) in [4.78, 5) is 0. The number of hydrogen-bond donors (Lipinski definition) is 0. The van der Waals surface area contributed by atoms with Gasteiger partial charge in [-0.15, -0.1) is 0 Å². The van der Waals surface area contributed by atoms with Crippen LogP contribution >= 0.6 is 0 Å². The minimum Gasteiger partial charge on any atom is -0.381 e. The average Bonchev–Trinajstić information content (AvgIpc) is 2.36. The van der Waals surface area contributed by atoms with E-state index in [9.17, 15) is 0 Å². The van der Waals surface area contributed by atoms with Crippen LogP contribution in [0.15, 0.2) is 0 Å². The van der Waals surface area contributed by atoms with Crippen molar-refractivity contribution in [1.29, 1.82) is 0 Å². The van der Waals surface area contributed by atoms with Crippen LogP contribution < -0.4 is 0 Å². The van der Waals surface area contributed by atoms with Crippen molar-refractivity contribution in [3.63, 3.8) is 0 Å². The van der Waals surface area contributed by atoms with E-state index in [1.54, 1.807) is 0 Å². The highest BCUT2D eigenvalue weighted by molar-refractivity contribution is 4.65. The molecular formula is C20H44O. The molecule has 0 heterocycles. The Morgan fingerprint density at radius 1 is 0.810 bits per heavy atom. The summed E-state index contributed by atoms with van der Waals surface area (Å²) >= 11 is 0. The van der Waals surface area contributed by atoms with Crippen molar-refractivity contribution in [3.05, 3.63) is 0 Å². The smallest absolute Gasteiger partial charge is 0.0494 e. The van der Waals surface area contributed by atoms with E-state index in [1.807, 2.05) is 0 Å². The van der Waals surface area contributed by atoms with E-state index in [0.717, 1.165) is 42.8 Å². The third-order valence-corrected chi connectivity index (χ3v) is 3.96. The highest BCUT2D eigenvalue weighted by Gasteiger charge is 2.14. The zero-order valence-electron chi connectivity index (χ0n) is 16.5. The Morgan fingerprint density at radius 2 is 1.33 bits per heavy atom. The standard InChI is InChI=1S/C16H34O.C4H10/c1-7-9-14(5)11-17-12-16(8-2)10-15(6)13(3)4;1-4(2)3/h13-16H,7-12H2,1-6H3;4H,1-3H3. The zero-order chi connectivity index (χ0) is 16.8. The molecule has 130 valence electrons. The molecule has 0 bridgehead atoms. The first-order chi connectivity index (χ1) is 9.74. The van der Waals surface area contributed by atoms with E-state index in [-0.39, 0.29) is 0 Å². The van der Waals surface area contributed by atoms with Crippen molar-refractivity contribution in [1.82, 2.24) is 0 Å². The molecule has 0 aromatic carbocycles. The number of hydrogen-bond acceptors (Lipinski definition) is 1. The van der Waals surface area contributed by atoms with E-state index < -0.39 is 0 Å². The molecule has 1 nitrogen and oxygen atoms in total. The molecular weight excluding hydrogens is 256 g/mol. The van der Waals surface area contributed by atoms with Crippen molar-refractivity contribution < 1.29 is 4.74 Å². The molecule has 0 N–H and O–H groups in total. The van der Waals surface area contributed by atoms with Gasteiger partial charge in [-0.2, -0.15) is 0 Å². The molecule has 0 aliphatic heterocycles. The largest absolute Gasteiger partial charge is 0.381 e. The van der Waals surface area contributed by atoms with Gasteiger partial charge < -0.3 is 4.74 Å². The molecule has 1 heteroatoms. The Labute approximate surface area is 136 Å². The lowest BCUT2D eigenvalue weighted by Gasteiger charge is -2.23. The summed E-state index contributed by atoms with van der Waals surface area (Å²) in [5.41, 5.74) is 0. The third-order valence-electron chi connectivity index (χ3n) is 3.96.